The Bertz CT molecular complexity index is 745. The van der Waals surface area contributed by atoms with Crippen LogP contribution in [-0.2, 0) is 11.3 Å². The van der Waals surface area contributed by atoms with Crippen LogP contribution in [0.25, 0.3) is 0 Å². The molecule has 2 rings (SSSR count). The van der Waals surface area contributed by atoms with E-state index in [0.717, 1.165) is 11.8 Å². The molecule has 1 aromatic heterocycles. The predicted molar refractivity (Wildman–Crippen MR) is 92.9 cm³/mol. The van der Waals surface area contributed by atoms with Crippen molar-refractivity contribution in [2.45, 2.75) is 31.6 Å². The third-order valence-corrected chi connectivity index (χ3v) is 4.43. The van der Waals surface area contributed by atoms with Crippen LogP contribution in [0.3, 0.4) is 0 Å². The Kier molecular flexibility index (Phi) is 6.40. The van der Waals surface area contributed by atoms with Crippen LogP contribution >= 0.6 is 11.8 Å². The van der Waals surface area contributed by atoms with Crippen molar-refractivity contribution >= 4 is 23.6 Å². The summed E-state index contributed by atoms with van der Waals surface area (Å²) in [6.07, 6.45) is 0. The van der Waals surface area contributed by atoms with Crippen molar-refractivity contribution in [1.82, 2.24) is 20.1 Å². The first-order valence-electron chi connectivity index (χ1n) is 7.68. The zero-order valence-electron chi connectivity index (χ0n) is 14.2. The molecular formula is C16H20N4O4S. The molecule has 2 aromatic rings. The highest BCUT2D eigenvalue weighted by molar-refractivity contribution is 7.99. The quantitative estimate of drug-likeness (QED) is 0.690. The van der Waals surface area contributed by atoms with Crippen molar-refractivity contribution in [2.75, 3.05) is 12.9 Å². The Balaban J connectivity index is 2.10. The number of carbonyl (C=O) groups is 2. The highest BCUT2D eigenvalue weighted by Gasteiger charge is 2.20. The van der Waals surface area contributed by atoms with Gasteiger partial charge in [0, 0.05) is 12.1 Å². The third-order valence-electron chi connectivity index (χ3n) is 3.47. The van der Waals surface area contributed by atoms with Gasteiger partial charge in [0.25, 0.3) is 5.91 Å². The number of benzene rings is 1. The van der Waals surface area contributed by atoms with Gasteiger partial charge in [-0.1, -0.05) is 11.8 Å². The normalized spacial score (nSPS) is 11.8. The van der Waals surface area contributed by atoms with Gasteiger partial charge in [0.05, 0.1) is 18.9 Å². The number of methoxy groups -OCH3 is 1. The number of rotatable bonds is 8. The van der Waals surface area contributed by atoms with Crippen LogP contribution in [0.2, 0.25) is 0 Å². The molecule has 0 aliphatic rings. The number of hydrogen-bond donors (Lipinski definition) is 2. The first kappa shape index (κ1) is 18.8. The van der Waals surface area contributed by atoms with E-state index in [1.54, 1.807) is 35.9 Å². The molecule has 0 bridgehead atoms. The van der Waals surface area contributed by atoms with Crippen LogP contribution in [0, 0.1) is 0 Å². The molecule has 0 aliphatic carbocycles. The zero-order valence-corrected chi connectivity index (χ0v) is 15.0. The van der Waals surface area contributed by atoms with Crippen LogP contribution in [0.15, 0.2) is 29.4 Å². The number of thioether (sulfide) groups is 1. The second-order valence-electron chi connectivity index (χ2n) is 5.19. The van der Waals surface area contributed by atoms with E-state index in [2.05, 4.69) is 15.5 Å². The van der Waals surface area contributed by atoms with Gasteiger partial charge in [-0.25, -0.2) is 0 Å². The molecule has 134 valence electrons. The lowest BCUT2D eigenvalue weighted by atomic mass is 10.2. The molecule has 25 heavy (non-hydrogen) atoms. The van der Waals surface area contributed by atoms with E-state index in [1.165, 1.54) is 0 Å². The number of nitrogens with one attached hydrogen (secondary N) is 1. The second kappa shape index (κ2) is 8.52. The molecule has 1 atom stereocenters. The second-order valence-corrected chi connectivity index (χ2v) is 6.13. The molecule has 0 saturated carbocycles. The summed E-state index contributed by atoms with van der Waals surface area (Å²) >= 11 is 1.10. The fraction of sp³-hybridized carbons (Fsp3) is 0.375. The number of nitrogens with zero attached hydrogens (tertiary/aromatic N) is 3. The van der Waals surface area contributed by atoms with E-state index in [0.29, 0.717) is 28.8 Å². The van der Waals surface area contributed by atoms with Crippen molar-refractivity contribution in [3.05, 3.63) is 35.7 Å². The summed E-state index contributed by atoms with van der Waals surface area (Å²) in [5.41, 5.74) is 0.510. The van der Waals surface area contributed by atoms with Crippen molar-refractivity contribution in [3.8, 4) is 5.75 Å². The largest absolute Gasteiger partial charge is 0.497 e. The van der Waals surface area contributed by atoms with Crippen LogP contribution in [-0.4, -0.2) is 44.6 Å². The SMILES string of the molecule is CCn1c(SCC(=O)O)nnc1[C@@H](C)NC(=O)c1ccc(OC)cc1. The number of carbonyl (C=O) groups excluding carboxylic acids is 1. The van der Waals surface area contributed by atoms with E-state index >= 15 is 0 Å². The maximum absolute atomic E-state index is 12.4. The minimum absolute atomic E-state index is 0.0925. The van der Waals surface area contributed by atoms with Crippen molar-refractivity contribution < 1.29 is 19.4 Å². The first-order valence-corrected chi connectivity index (χ1v) is 8.67. The number of hydrogen-bond acceptors (Lipinski definition) is 6. The minimum Gasteiger partial charge on any atom is -0.497 e. The molecule has 0 fully saturated rings. The fourth-order valence-electron chi connectivity index (χ4n) is 2.24. The van der Waals surface area contributed by atoms with Gasteiger partial charge in [0.1, 0.15) is 5.75 Å². The summed E-state index contributed by atoms with van der Waals surface area (Å²) in [5.74, 6) is 0.0105. The molecule has 1 heterocycles. The molecule has 0 radical (unpaired) electrons. The maximum Gasteiger partial charge on any atom is 0.313 e. The summed E-state index contributed by atoms with van der Waals surface area (Å²) in [5, 5.41) is 20.3. The maximum atomic E-state index is 12.4. The molecular weight excluding hydrogens is 344 g/mol. The number of carboxylic acids is 1. The molecule has 8 nitrogen and oxygen atoms in total. The molecule has 0 unspecified atom stereocenters. The third kappa shape index (κ3) is 4.72. The Labute approximate surface area is 149 Å². The standard InChI is InChI=1S/C16H20N4O4S/c1-4-20-14(18-19-16(20)25-9-13(21)22)10(2)17-15(23)11-5-7-12(24-3)8-6-11/h5-8,10H,4,9H2,1-3H3,(H,17,23)(H,21,22)/t10-/m1/s1. The molecule has 2 N–H and O–H groups in total. The van der Waals surface area contributed by atoms with E-state index in [-0.39, 0.29) is 17.7 Å². The Hall–Kier alpha value is -2.55. The summed E-state index contributed by atoms with van der Waals surface area (Å²) in [6, 6.07) is 6.42. The average molecular weight is 364 g/mol. The van der Waals surface area contributed by atoms with Crippen LogP contribution in [0.4, 0.5) is 0 Å². The Morgan fingerprint density at radius 1 is 1.32 bits per heavy atom. The van der Waals surface area contributed by atoms with Gasteiger partial charge in [-0.3, -0.25) is 9.59 Å². The predicted octanol–water partition coefficient (Wildman–Crippen LogP) is 1.97. The molecule has 1 amide bonds. The first-order chi connectivity index (χ1) is 12.0. The summed E-state index contributed by atoms with van der Waals surface area (Å²) in [6.45, 7) is 4.30. The van der Waals surface area contributed by atoms with E-state index in [4.69, 9.17) is 9.84 Å². The lowest BCUT2D eigenvalue weighted by Crippen LogP contribution is -2.28. The minimum atomic E-state index is -0.918. The van der Waals surface area contributed by atoms with Gasteiger partial charge in [-0.15, -0.1) is 10.2 Å². The number of ether oxygens (including phenoxy) is 1. The molecule has 0 saturated heterocycles. The van der Waals surface area contributed by atoms with Gasteiger partial charge >= 0.3 is 5.97 Å². The fourth-order valence-corrected chi connectivity index (χ4v) is 2.97. The topological polar surface area (TPSA) is 106 Å². The van der Waals surface area contributed by atoms with Gasteiger partial charge in [0.15, 0.2) is 11.0 Å². The number of aliphatic carboxylic acids is 1. The Morgan fingerprint density at radius 2 is 2.00 bits per heavy atom. The van der Waals surface area contributed by atoms with E-state index in [1.807, 2.05) is 13.8 Å². The number of amides is 1. The van der Waals surface area contributed by atoms with Crippen molar-refractivity contribution in [1.29, 1.82) is 0 Å². The highest BCUT2D eigenvalue weighted by atomic mass is 32.2. The highest BCUT2D eigenvalue weighted by Crippen LogP contribution is 2.21. The van der Waals surface area contributed by atoms with Crippen LogP contribution in [0.1, 0.15) is 36.1 Å². The number of aromatic nitrogens is 3. The number of carboxylic acid groups (broad SMARTS) is 1. The lowest BCUT2D eigenvalue weighted by Gasteiger charge is -2.15. The molecule has 1 aromatic carbocycles. The molecule has 0 spiro atoms. The average Bonchev–Trinajstić information content (AvgIpc) is 3.02. The summed E-state index contributed by atoms with van der Waals surface area (Å²) in [7, 11) is 1.56. The van der Waals surface area contributed by atoms with E-state index < -0.39 is 5.97 Å². The lowest BCUT2D eigenvalue weighted by molar-refractivity contribution is -0.133. The van der Waals surface area contributed by atoms with Gasteiger partial charge in [0.2, 0.25) is 0 Å². The zero-order chi connectivity index (χ0) is 18.4. The summed E-state index contributed by atoms with van der Waals surface area (Å²) < 4.78 is 6.87. The van der Waals surface area contributed by atoms with Gasteiger partial charge in [-0.05, 0) is 38.1 Å². The monoisotopic (exact) mass is 364 g/mol. The Morgan fingerprint density at radius 3 is 2.56 bits per heavy atom. The van der Waals surface area contributed by atoms with E-state index in [9.17, 15) is 9.59 Å². The van der Waals surface area contributed by atoms with Gasteiger partial charge < -0.3 is 19.7 Å². The van der Waals surface area contributed by atoms with Gasteiger partial charge in [-0.2, -0.15) is 0 Å². The van der Waals surface area contributed by atoms with Crippen molar-refractivity contribution in [3.63, 3.8) is 0 Å². The molecule has 9 heteroatoms. The summed E-state index contributed by atoms with van der Waals surface area (Å²) in [4.78, 5) is 23.1. The molecule has 0 aliphatic heterocycles. The van der Waals surface area contributed by atoms with Crippen LogP contribution < -0.4 is 10.1 Å². The van der Waals surface area contributed by atoms with Crippen molar-refractivity contribution in [2.24, 2.45) is 0 Å². The van der Waals surface area contributed by atoms with Crippen LogP contribution in [0.5, 0.6) is 5.75 Å². The smallest absolute Gasteiger partial charge is 0.313 e.